The first-order valence-electron chi connectivity index (χ1n) is 8.91. The first-order chi connectivity index (χ1) is 14.4. The molecule has 0 fully saturated rings. The molecule has 3 rings (SSSR count). The fraction of sp³-hybridized carbons (Fsp3) is 0.227. The highest BCUT2D eigenvalue weighted by atomic mass is 16.5. The molecule has 0 aromatic heterocycles. The zero-order valence-electron chi connectivity index (χ0n) is 17.0. The molecule has 8 heteroatoms. The van der Waals surface area contributed by atoms with Gasteiger partial charge in [-0.3, -0.25) is 0 Å². The average Bonchev–Trinajstić information content (AvgIpc) is 2.77. The van der Waals surface area contributed by atoms with Crippen molar-refractivity contribution in [1.29, 1.82) is 0 Å². The molecule has 0 aliphatic heterocycles. The van der Waals surface area contributed by atoms with Crippen molar-refractivity contribution in [3.8, 4) is 39.9 Å². The predicted molar refractivity (Wildman–Crippen MR) is 110 cm³/mol. The number of methoxy groups -OCH3 is 4. The Labute approximate surface area is 172 Å². The van der Waals surface area contributed by atoms with Crippen LogP contribution in [0.15, 0.2) is 30.3 Å². The summed E-state index contributed by atoms with van der Waals surface area (Å²) >= 11 is 0. The fourth-order valence-electron chi connectivity index (χ4n) is 3.53. The molecule has 0 saturated heterocycles. The van der Waals surface area contributed by atoms with Gasteiger partial charge in [0.25, 0.3) is 0 Å². The number of hydrogen-bond donors (Lipinski definition) is 3. The van der Waals surface area contributed by atoms with Gasteiger partial charge in [-0.15, -0.1) is 0 Å². The van der Waals surface area contributed by atoms with E-state index in [1.165, 1.54) is 28.4 Å². The number of carboxylic acids is 1. The summed E-state index contributed by atoms with van der Waals surface area (Å²) in [6.45, 7) is -0.669. The summed E-state index contributed by atoms with van der Waals surface area (Å²) in [6, 6.07) is 8.09. The molecule has 0 amide bonds. The molecule has 3 aromatic carbocycles. The standard InChI is InChI=1S/C22H22O8/c1-27-15-6-5-11(7-16(15)28-2)19-12-8-17(29-3)18(30-4)9-13(12)21(24)14(10-23)20(19)22(25)26/h5-9,23-24H,10H2,1-4H3,(H,25,26). The summed E-state index contributed by atoms with van der Waals surface area (Å²) in [5.74, 6) is -0.0444. The molecule has 158 valence electrons. The van der Waals surface area contributed by atoms with E-state index in [-0.39, 0.29) is 16.9 Å². The first kappa shape index (κ1) is 21.1. The number of aromatic carboxylic acids is 1. The SMILES string of the molecule is COc1ccc(-c2c(C(=O)O)c(CO)c(O)c3cc(OC)c(OC)cc23)cc1OC. The van der Waals surface area contributed by atoms with Crippen LogP contribution < -0.4 is 18.9 Å². The van der Waals surface area contributed by atoms with Gasteiger partial charge in [0, 0.05) is 16.5 Å². The molecule has 0 aliphatic rings. The van der Waals surface area contributed by atoms with Gasteiger partial charge in [-0.25, -0.2) is 4.79 Å². The minimum Gasteiger partial charge on any atom is -0.507 e. The van der Waals surface area contributed by atoms with Crippen LogP contribution in [0.25, 0.3) is 21.9 Å². The Balaban J connectivity index is 2.54. The molecule has 0 spiro atoms. The largest absolute Gasteiger partial charge is 0.507 e. The minimum atomic E-state index is -1.30. The average molecular weight is 414 g/mol. The fourth-order valence-corrected chi connectivity index (χ4v) is 3.53. The van der Waals surface area contributed by atoms with Crippen molar-refractivity contribution in [2.75, 3.05) is 28.4 Å². The Kier molecular flexibility index (Phi) is 5.89. The third-order valence-corrected chi connectivity index (χ3v) is 4.93. The van der Waals surface area contributed by atoms with Crippen molar-refractivity contribution in [2.24, 2.45) is 0 Å². The molecule has 0 unspecified atom stereocenters. The molecular weight excluding hydrogens is 392 g/mol. The van der Waals surface area contributed by atoms with Crippen LogP contribution in [0, 0.1) is 0 Å². The molecule has 0 saturated carbocycles. The number of rotatable bonds is 7. The van der Waals surface area contributed by atoms with Crippen LogP contribution in [0.3, 0.4) is 0 Å². The maximum absolute atomic E-state index is 12.2. The molecule has 3 N–H and O–H groups in total. The number of aliphatic hydroxyl groups excluding tert-OH is 1. The number of hydrogen-bond acceptors (Lipinski definition) is 7. The number of benzene rings is 3. The number of carboxylic acid groups (broad SMARTS) is 1. The first-order valence-corrected chi connectivity index (χ1v) is 8.91. The molecule has 8 nitrogen and oxygen atoms in total. The van der Waals surface area contributed by atoms with Gasteiger partial charge in [-0.2, -0.15) is 0 Å². The number of fused-ring (bicyclic) bond motifs is 1. The topological polar surface area (TPSA) is 115 Å². The summed E-state index contributed by atoms with van der Waals surface area (Å²) in [5, 5.41) is 31.3. The van der Waals surface area contributed by atoms with Gasteiger partial charge in [0.15, 0.2) is 23.0 Å². The van der Waals surface area contributed by atoms with Crippen LogP contribution in [-0.2, 0) is 6.61 Å². The summed E-state index contributed by atoms with van der Waals surface area (Å²) in [5.41, 5.74) is 0.465. The molecule has 0 atom stereocenters. The summed E-state index contributed by atoms with van der Waals surface area (Å²) in [6.07, 6.45) is 0. The van der Waals surface area contributed by atoms with Gasteiger partial charge in [-0.1, -0.05) is 6.07 Å². The van der Waals surface area contributed by atoms with Gasteiger partial charge in [0.05, 0.1) is 40.6 Å². The third kappa shape index (κ3) is 3.31. The lowest BCUT2D eigenvalue weighted by Gasteiger charge is -2.19. The second-order valence-corrected chi connectivity index (χ2v) is 6.36. The van der Waals surface area contributed by atoms with Gasteiger partial charge in [0.1, 0.15) is 5.75 Å². The molecule has 0 aliphatic carbocycles. The highest BCUT2D eigenvalue weighted by Gasteiger charge is 2.26. The monoisotopic (exact) mass is 414 g/mol. The smallest absolute Gasteiger partial charge is 0.336 e. The van der Waals surface area contributed by atoms with E-state index in [1.54, 1.807) is 30.3 Å². The van der Waals surface area contributed by atoms with E-state index in [0.29, 0.717) is 44.9 Å². The van der Waals surface area contributed by atoms with E-state index in [2.05, 4.69) is 0 Å². The molecular formula is C22H22O8. The third-order valence-electron chi connectivity index (χ3n) is 4.93. The maximum atomic E-state index is 12.2. The van der Waals surface area contributed by atoms with Crippen LogP contribution in [-0.4, -0.2) is 49.7 Å². The van der Waals surface area contributed by atoms with Crippen LogP contribution in [0.4, 0.5) is 0 Å². The Bertz CT molecular complexity index is 1120. The summed E-state index contributed by atoms with van der Waals surface area (Å²) in [7, 11) is 5.88. The quantitative estimate of drug-likeness (QED) is 0.539. The second-order valence-electron chi connectivity index (χ2n) is 6.36. The van der Waals surface area contributed by atoms with E-state index < -0.39 is 12.6 Å². The van der Waals surface area contributed by atoms with Crippen molar-refractivity contribution in [1.82, 2.24) is 0 Å². The molecule has 30 heavy (non-hydrogen) atoms. The summed E-state index contributed by atoms with van der Waals surface area (Å²) < 4.78 is 21.3. The van der Waals surface area contributed by atoms with E-state index in [9.17, 15) is 20.1 Å². The number of aliphatic hydroxyl groups is 1. The number of ether oxygens (including phenoxy) is 4. The number of phenols is 1. The number of carbonyl (C=O) groups is 1. The Morgan fingerprint density at radius 2 is 1.37 bits per heavy atom. The van der Waals surface area contributed by atoms with E-state index in [1.807, 2.05) is 0 Å². The van der Waals surface area contributed by atoms with Crippen molar-refractivity contribution >= 4 is 16.7 Å². The maximum Gasteiger partial charge on any atom is 0.336 e. The van der Waals surface area contributed by atoms with Crippen LogP contribution in [0.5, 0.6) is 28.7 Å². The van der Waals surface area contributed by atoms with Crippen LogP contribution in [0.2, 0.25) is 0 Å². The highest BCUT2D eigenvalue weighted by Crippen LogP contribution is 2.46. The van der Waals surface area contributed by atoms with Crippen LogP contribution >= 0.6 is 0 Å². The van der Waals surface area contributed by atoms with E-state index >= 15 is 0 Å². The van der Waals surface area contributed by atoms with Crippen molar-refractivity contribution < 1.29 is 39.1 Å². The molecule has 0 radical (unpaired) electrons. The lowest BCUT2D eigenvalue weighted by Crippen LogP contribution is -2.07. The van der Waals surface area contributed by atoms with Gasteiger partial charge < -0.3 is 34.3 Å². The summed E-state index contributed by atoms with van der Waals surface area (Å²) in [4.78, 5) is 12.2. The molecule has 3 aromatic rings. The highest BCUT2D eigenvalue weighted by molar-refractivity contribution is 6.12. The zero-order chi connectivity index (χ0) is 22.0. The Hall–Kier alpha value is -3.65. The van der Waals surface area contributed by atoms with E-state index in [0.717, 1.165) is 0 Å². The zero-order valence-corrected chi connectivity index (χ0v) is 17.0. The minimum absolute atomic E-state index is 0.105. The van der Waals surface area contributed by atoms with Crippen LogP contribution in [0.1, 0.15) is 15.9 Å². The van der Waals surface area contributed by atoms with Crippen molar-refractivity contribution in [2.45, 2.75) is 6.61 Å². The predicted octanol–water partition coefficient (Wildman–Crippen LogP) is 3.44. The second kappa shape index (κ2) is 8.38. The molecule has 0 bridgehead atoms. The van der Waals surface area contributed by atoms with E-state index in [4.69, 9.17) is 18.9 Å². The van der Waals surface area contributed by atoms with Gasteiger partial charge >= 0.3 is 5.97 Å². The number of aromatic hydroxyl groups is 1. The Morgan fingerprint density at radius 1 is 0.833 bits per heavy atom. The normalized spacial score (nSPS) is 10.7. The van der Waals surface area contributed by atoms with Crippen molar-refractivity contribution in [3.63, 3.8) is 0 Å². The Morgan fingerprint density at radius 3 is 1.87 bits per heavy atom. The lowest BCUT2D eigenvalue weighted by molar-refractivity contribution is 0.0693. The van der Waals surface area contributed by atoms with Gasteiger partial charge in [-0.05, 0) is 35.2 Å². The lowest BCUT2D eigenvalue weighted by atomic mass is 9.88. The van der Waals surface area contributed by atoms with Gasteiger partial charge in [0.2, 0.25) is 0 Å². The van der Waals surface area contributed by atoms with Crippen molar-refractivity contribution in [3.05, 3.63) is 41.5 Å². The molecule has 0 heterocycles.